The molecule has 0 N–H and O–H groups in total. The summed E-state index contributed by atoms with van der Waals surface area (Å²) in [7, 11) is 1.64. The van der Waals surface area contributed by atoms with Gasteiger partial charge in [-0.25, -0.2) is 0 Å². The number of rotatable bonds is 4. The molecule has 88 valence electrons. The molecule has 0 atom stereocenters. The first kappa shape index (κ1) is 13.6. The molecule has 1 aromatic rings. The summed E-state index contributed by atoms with van der Waals surface area (Å²) in [6.07, 6.45) is 2.07. The highest BCUT2D eigenvalue weighted by atomic mass is 79.9. The molecule has 2 nitrogen and oxygen atoms in total. The normalized spacial score (nSPS) is 10.1. The van der Waals surface area contributed by atoms with E-state index in [1.54, 1.807) is 7.11 Å². The summed E-state index contributed by atoms with van der Waals surface area (Å²) in [6.45, 7) is 3.99. The molecule has 0 aliphatic rings. The molecule has 16 heavy (non-hydrogen) atoms. The van der Waals surface area contributed by atoms with Crippen LogP contribution in [0, 0.1) is 0 Å². The molecule has 0 bridgehead atoms. The molecule has 0 saturated carbocycles. The summed E-state index contributed by atoms with van der Waals surface area (Å²) in [6, 6.07) is 5.75. The predicted octanol–water partition coefficient (Wildman–Crippen LogP) is 4.57. The lowest BCUT2D eigenvalue weighted by atomic mass is 10.2. The number of ether oxygens (including phenoxy) is 2. The maximum Gasteiger partial charge on any atom is 0.130 e. The summed E-state index contributed by atoms with van der Waals surface area (Å²) in [5.41, 5.74) is 0.998. The number of hydrogen-bond acceptors (Lipinski definition) is 2. The Bertz CT molecular complexity index is 383. The van der Waals surface area contributed by atoms with Crippen LogP contribution in [0.25, 0.3) is 6.08 Å². The van der Waals surface area contributed by atoms with Gasteiger partial charge in [0.15, 0.2) is 0 Å². The lowest BCUT2D eigenvalue weighted by Crippen LogP contribution is -2.06. The second kappa shape index (κ2) is 6.30. The van der Waals surface area contributed by atoms with Crippen LogP contribution in [0.5, 0.6) is 11.5 Å². The Morgan fingerprint density at radius 1 is 1.31 bits per heavy atom. The number of benzene rings is 1. The number of methoxy groups -OCH3 is 1. The van der Waals surface area contributed by atoms with Crippen molar-refractivity contribution in [2.75, 3.05) is 7.11 Å². The molecule has 1 aromatic carbocycles. The third-order valence-corrected chi connectivity index (χ3v) is 2.31. The molecule has 0 radical (unpaired) electrons. The minimum Gasteiger partial charge on any atom is -0.497 e. The third kappa shape index (κ3) is 4.18. The lowest BCUT2D eigenvalue weighted by molar-refractivity contribution is 0.240. The Morgan fingerprint density at radius 3 is 2.50 bits per heavy atom. The van der Waals surface area contributed by atoms with Crippen LogP contribution in [0.4, 0.5) is 0 Å². The minimum atomic E-state index is 0.133. The van der Waals surface area contributed by atoms with Crippen LogP contribution in [-0.4, -0.2) is 13.2 Å². The van der Waals surface area contributed by atoms with E-state index in [0.29, 0.717) is 0 Å². The molecule has 0 heterocycles. The first-order chi connectivity index (χ1) is 7.52. The van der Waals surface area contributed by atoms with Gasteiger partial charge < -0.3 is 9.47 Å². The van der Waals surface area contributed by atoms with Crippen LogP contribution in [0.15, 0.2) is 21.6 Å². The average molecular weight is 350 g/mol. The van der Waals surface area contributed by atoms with Crippen molar-refractivity contribution in [1.29, 1.82) is 0 Å². The van der Waals surface area contributed by atoms with Crippen LogP contribution in [-0.2, 0) is 0 Å². The first-order valence-electron chi connectivity index (χ1n) is 4.90. The zero-order valence-electron chi connectivity index (χ0n) is 9.46. The van der Waals surface area contributed by atoms with Crippen molar-refractivity contribution in [2.45, 2.75) is 20.0 Å². The fourth-order valence-electron chi connectivity index (χ4n) is 1.23. The summed E-state index contributed by atoms with van der Waals surface area (Å²) in [5.74, 6) is 1.60. The molecule has 0 saturated heterocycles. The Kier molecular flexibility index (Phi) is 5.35. The molecular weight excluding hydrogens is 336 g/mol. The van der Waals surface area contributed by atoms with Gasteiger partial charge in [0.2, 0.25) is 0 Å². The molecule has 0 aliphatic heterocycles. The van der Waals surface area contributed by atoms with Crippen LogP contribution < -0.4 is 9.47 Å². The van der Waals surface area contributed by atoms with Gasteiger partial charge in [-0.2, -0.15) is 0 Å². The van der Waals surface area contributed by atoms with E-state index in [1.165, 1.54) is 0 Å². The molecular formula is C12H14Br2O2. The summed E-state index contributed by atoms with van der Waals surface area (Å²) in [4.78, 5) is 0. The van der Waals surface area contributed by atoms with Crippen molar-refractivity contribution in [1.82, 2.24) is 0 Å². The lowest BCUT2D eigenvalue weighted by Gasteiger charge is -2.13. The fraction of sp³-hybridized carbons (Fsp3) is 0.333. The van der Waals surface area contributed by atoms with E-state index < -0.39 is 0 Å². The summed E-state index contributed by atoms with van der Waals surface area (Å²) in [5, 5.41) is 0. The van der Waals surface area contributed by atoms with Crippen molar-refractivity contribution < 1.29 is 9.47 Å². The van der Waals surface area contributed by atoms with Crippen molar-refractivity contribution in [3.8, 4) is 11.5 Å². The molecule has 4 heteroatoms. The topological polar surface area (TPSA) is 18.5 Å². The van der Waals surface area contributed by atoms with Gasteiger partial charge in [-0.05, 0) is 63.9 Å². The van der Waals surface area contributed by atoms with E-state index in [2.05, 4.69) is 31.9 Å². The predicted molar refractivity (Wildman–Crippen MR) is 74.6 cm³/mol. The SMILES string of the molecule is COc1ccc(C=C(Br)Br)c(OC(C)C)c1. The van der Waals surface area contributed by atoms with Crippen molar-refractivity contribution in [3.63, 3.8) is 0 Å². The molecule has 0 fully saturated rings. The van der Waals surface area contributed by atoms with E-state index in [9.17, 15) is 0 Å². The van der Waals surface area contributed by atoms with Gasteiger partial charge in [0.25, 0.3) is 0 Å². The zero-order chi connectivity index (χ0) is 12.1. The van der Waals surface area contributed by atoms with Crippen LogP contribution in [0.2, 0.25) is 0 Å². The summed E-state index contributed by atoms with van der Waals surface area (Å²) < 4.78 is 11.8. The summed E-state index contributed by atoms with van der Waals surface area (Å²) >= 11 is 6.68. The minimum absolute atomic E-state index is 0.133. The molecule has 0 aromatic heterocycles. The van der Waals surface area contributed by atoms with E-state index in [1.807, 2.05) is 38.1 Å². The maximum atomic E-state index is 5.72. The van der Waals surface area contributed by atoms with Crippen molar-refractivity contribution in [3.05, 3.63) is 27.2 Å². The average Bonchev–Trinajstić information content (AvgIpc) is 2.19. The highest BCUT2D eigenvalue weighted by Crippen LogP contribution is 2.29. The Morgan fingerprint density at radius 2 is 2.00 bits per heavy atom. The smallest absolute Gasteiger partial charge is 0.130 e. The Labute approximate surface area is 113 Å². The van der Waals surface area contributed by atoms with Gasteiger partial charge in [-0.15, -0.1) is 0 Å². The van der Waals surface area contributed by atoms with Crippen molar-refractivity contribution >= 4 is 37.9 Å². The van der Waals surface area contributed by atoms with Gasteiger partial charge in [-0.1, -0.05) is 0 Å². The molecule has 0 amide bonds. The Balaban J connectivity index is 3.11. The number of halogens is 2. The van der Waals surface area contributed by atoms with Gasteiger partial charge in [0, 0.05) is 11.6 Å². The standard InChI is InChI=1S/C12H14Br2O2/c1-8(2)16-11-7-10(15-3)5-4-9(11)6-12(13)14/h4-8H,1-3H3. The van der Waals surface area contributed by atoms with Crippen LogP contribution in [0.3, 0.4) is 0 Å². The molecule has 0 unspecified atom stereocenters. The van der Waals surface area contributed by atoms with E-state index in [4.69, 9.17) is 9.47 Å². The van der Waals surface area contributed by atoms with Gasteiger partial charge >= 0.3 is 0 Å². The third-order valence-electron chi connectivity index (χ3n) is 1.85. The first-order valence-corrected chi connectivity index (χ1v) is 6.49. The Hall–Kier alpha value is -0.480. The van der Waals surface area contributed by atoms with Crippen molar-refractivity contribution in [2.24, 2.45) is 0 Å². The monoisotopic (exact) mass is 348 g/mol. The maximum absolute atomic E-state index is 5.72. The fourth-order valence-corrected chi connectivity index (χ4v) is 1.73. The van der Waals surface area contributed by atoms with E-state index >= 15 is 0 Å². The van der Waals surface area contributed by atoms with Gasteiger partial charge in [0.1, 0.15) is 11.5 Å². The number of hydrogen-bond donors (Lipinski definition) is 0. The quantitative estimate of drug-likeness (QED) is 0.792. The molecule has 1 rings (SSSR count). The van der Waals surface area contributed by atoms with Gasteiger partial charge in [-0.3, -0.25) is 0 Å². The van der Waals surface area contributed by atoms with E-state index in [-0.39, 0.29) is 6.10 Å². The zero-order valence-corrected chi connectivity index (χ0v) is 12.6. The largest absolute Gasteiger partial charge is 0.497 e. The highest BCUT2D eigenvalue weighted by molar-refractivity contribution is 9.28. The second-order valence-corrected chi connectivity index (χ2v) is 6.28. The van der Waals surface area contributed by atoms with E-state index in [0.717, 1.165) is 20.5 Å². The molecule has 0 spiro atoms. The van der Waals surface area contributed by atoms with Gasteiger partial charge in [0.05, 0.1) is 16.6 Å². The highest BCUT2D eigenvalue weighted by Gasteiger charge is 2.06. The second-order valence-electron chi connectivity index (χ2n) is 3.50. The van der Waals surface area contributed by atoms with Crippen LogP contribution in [0.1, 0.15) is 19.4 Å². The van der Waals surface area contributed by atoms with Crippen LogP contribution >= 0.6 is 31.9 Å². The molecule has 0 aliphatic carbocycles.